The third kappa shape index (κ3) is 2.07. The molecule has 0 atom stereocenters. The number of fused-ring (bicyclic) bond motifs is 3. The SMILES string of the molecule is C=C(C)Nc1cccc2c1C(=O)c1c(-c3ccc(C)cc3)n[nH]c1-2. The normalized spacial score (nSPS) is 12.0. The van der Waals surface area contributed by atoms with E-state index in [1.54, 1.807) is 0 Å². The summed E-state index contributed by atoms with van der Waals surface area (Å²) in [7, 11) is 0. The van der Waals surface area contributed by atoms with E-state index in [1.807, 2.05) is 56.3 Å². The predicted molar refractivity (Wildman–Crippen MR) is 96.1 cm³/mol. The summed E-state index contributed by atoms with van der Waals surface area (Å²) in [6.07, 6.45) is 0. The molecule has 1 aliphatic rings. The number of carbonyl (C=O) groups excluding carboxylic acids is 1. The van der Waals surface area contributed by atoms with Gasteiger partial charge < -0.3 is 5.32 Å². The molecule has 1 aromatic heterocycles. The number of nitrogens with one attached hydrogen (secondary N) is 2. The Hall–Kier alpha value is -3.14. The number of H-pyrrole nitrogens is 1. The maximum absolute atomic E-state index is 13.1. The molecule has 118 valence electrons. The quantitative estimate of drug-likeness (QED) is 0.583. The number of rotatable bonds is 3. The zero-order valence-corrected chi connectivity index (χ0v) is 13.6. The highest BCUT2D eigenvalue weighted by Gasteiger charge is 2.34. The number of allylic oxidation sites excluding steroid dienone is 1. The molecule has 0 aliphatic heterocycles. The number of aryl methyl sites for hydroxylation is 1. The second-order valence-electron chi connectivity index (χ2n) is 6.15. The van der Waals surface area contributed by atoms with Crippen molar-refractivity contribution in [1.29, 1.82) is 0 Å². The maximum atomic E-state index is 13.1. The second kappa shape index (κ2) is 5.20. The Morgan fingerprint density at radius 1 is 1.12 bits per heavy atom. The first-order chi connectivity index (χ1) is 11.6. The number of hydrogen-bond donors (Lipinski definition) is 2. The average Bonchev–Trinajstić information content (AvgIpc) is 3.09. The van der Waals surface area contributed by atoms with Crippen LogP contribution in [0.1, 0.15) is 28.4 Å². The molecule has 0 unspecified atom stereocenters. The topological polar surface area (TPSA) is 57.8 Å². The molecule has 0 spiro atoms. The van der Waals surface area contributed by atoms with E-state index in [-0.39, 0.29) is 5.78 Å². The lowest BCUT2D eigenvalue weighted by molar-refractivity contribution is 0.104. The van der Waals surface area contributed by atoms with Crippen LogP contribution in [0.4, 0.5) is 5.69 Å². The number of aromatic nitrogens is 2. The van der Waals surface area contributed by atoms with Crippen molar-refractivity contribution >= 4 is 11.5 Å². The molecule has 0 radical (unpaired) electrons. The molecule has 4 heteroatoms. The minimum absolute atomic E-state index is 0.00586. The molecule has 24 heavy (non-hydrogen) atoms. The second-order valence-corrected chi connectivity index (χ2v) is 6.15. The van der Waals surface area contributed by atoms with E-state index in [0.717, 1.165) is 28.2 Å². The first kappa shape index (κ1) is 14.5. The number of ketones is 1. The standard InChI is InChI=1S/C20H17N3O/c1-11(2)21-15-6-4-5-14-16(15)20(24)17-18(22-23-19(14)17)13-9-7-12(3)8-10-13/h4-10,21H,1H2,2-3H3,(H,22,23). The minimum atomic E-state index is -0.00586. The number of hydrogen-bond acceptors (Lipinski definition) is 3. The summed E-state index contributed by atoms with van der Waals surface area (Å²) in [4.78, 5) is 13.1. The van der Waals surface area contributed by atoms with Gasteiger partial charge in [-0.2, -0.15) is 5.10 Å². The fourth-order valence-electron chi connectivity index (χ4n) is 3.14. The van der Waals surface area contributed by atoms with Crippen LogP contribution in [-0.2, 0) is 0 Å². The van der Waals surface area contributed by atoms with Crippen LogP contribution in [0.2, 0.25) is 0 Å². The van der Waals surface area contributed by atoms with Gasteiger partial charge >= 0.3 is 0 Å². The fraction of sp³-hybridized carbons (Fsp3) is 0.100. The first-order valence-electron chi connectivity index (χ1n) is 7.82. The van der Waals surface area contributed by atoms with Gasteiger partial charge in [0.2, 0.25) is 0 Å². The molecular weight excluding hydrogens is 298 g/mol. The van der Waals surface area contributed by atoms with E-state index in [0.29, 0.717) is 16.8 Å². The maximum Gasteiger partial charge on any atom is 0.200 e. The minimum Gasteiger partial charge on any atom is -0.359 e. The number of benzene rings is 2. The highest BCUT2D eigenvalue weighted by atomic mass is 16.1. The van der Waals surface area contributed by atoms with E-state index in [4.69, 9.17) is 0 Å². The Bertz CT molecular complexity index is 981. The number of carbonyl (C=O) groups is 1. The highest BCUT2D eigenvalue weighted by Crippen LogP contribution is 2.43. The van der Waals surface area contributed by atoms with Crippen molar-refractivity contribution in [1.82, 2.24) is 10.2 Å². The van der Waals surface area contributed by atoms with Crippen molar-refractivity contribution < 1.29 is 4.79 Å². The van der Waals surface area contributed by atoms with Crippen molar-refractivity contribution in [3.63, 3.8) is 0 Å². The summed E-state index contributed by atoms with van der Waals surface area (Å²) in [5, 5.41) is 10.6. The van der Waals surface area contributed by atoms with Crippen LogP contribution in [0, 0.1) is 6.92 Å². The van der Waals surface area contributed by atoms with E-state index >= 15 is 0 Å². The molecule has 0 fully saturated rings. The zero-order valence-electron chi connectivity index (χ0n) is 13.6. The number of nitrogens with zero attached hydrogens (tertiary/aromatic N) is 1. The van der Waals surface area contributed by atoms with Crippen LogP contribution in [0.25, 0.3) is 22.5 Å². The monoisotopic (exact) mass is 315 g/mol. The third-order valence-corrected chi connectivity index (χ3v) is 4.23. The molecule has 4 nitrogen and oxygen atoms in total. The van der Waals surface area contributed by atoms with Gasteiger partial charge in [-0.15, -0.1) is 0 Å². The Morgan fingerprint density at radius 2 is 1.88 bits per heavy atom. The molecule has 4 rings (SSSR count). The predicted octanol–water partition coefficient (Wildman–Crippen LogP) is 4.54. The lowest BCUT2D eigenvalue weighted by Crippen LogP contribution is -2.04. The van der Waals surface area contributed by atoms with Crippen LogP contribution in [-0.4, -0.2) is 16.0 Å². The molecule has 3 aromatic rings. The van der Waals surface area contributed by atoms with Crippen LogP contribution in [0.15, 0.2) is 54.7 Å². The molecule has 0 saturated carbocycles. The van der Waals surface area contributed by atoms with Gasteiger partial charge in [0, 0.05) is 16.8 Å². The number of aromatic amines is 1. The average molecular weight is 315 g/mol. The Morgan fingerprint density at radius 3 is 2.58 bits per heavy atom. The summed E-state index contributed by atoms with van der Waals surface area (Å²) >= 11 is 0. The zero-order chi connectivity index (χ0) is 16.8. The van der Waals surface area contributed by atoms with Gasteiger partial charge in [0.15, 0.2) is 5.78 Å². The van der Waals surface area contributed by atoms with Gasteiger partial charge in [-0.25, -0.2) is 0 Å². The van der Waals surface area contributed by atoms with E-state index < -0.39 is 0 Å². The summed E-state index contributed by atoms with van der Waals surface area (Å²) in [5.74, 6) is -0.00586. The Kier molecular flexibility index (Phi) is 3.13. The molecule has 1 heterocycles. The van der Waals surface area contributed by atoms with Crippen molar-refractivity contribution in [3.05, 3.63) is 71.4 Å². The van der Waals surface area contributed by atoms with Gasteiger partial charge in [0.1, 0.15) is 5.69 Å². The van der Waals surface area contributed by atoms with Gasteiger partial charge in [-0.3, -0.25) is 9.89 Å². The van der Waals surface area contributed by atoms with Crippen LogP contribution < -0.4 is 5.32 Å². The molecule has 2 N–H and O–H groups in total. The molecular formula is C20H17N3O. The van der Waals surface area contributed by atoms with Gasteiger partial charge in [-0.05, 0) is 19.9 Å². The van der Waals surface area contributed by atoms with E-state index in [2.05, 4.69) is 22.1 Å². The van der Waals surface area contributed by atoms with Crippen molar-refractivity contribution in [2.75, 3.05) is 5.32 Å². The lowest BCUT2D eigenvalue weighted by Gasteiger charge is -2.10. The van der Waals surface area contributed by atoms with Crippen molar-refractivity contribution in [3.8, 4) is 22.5 Å². The van der Waals surface area contributed by atoms with Crippen LogP contribution in [0.3, 0.4) is 0 Å². The van der Waals surface area contributed by atoms with E-state index in [1.165, 1.54) is 5.56 Å². The fourth-order valence-corrected chi connectivity index (χ4v) is 3.14. The lowest BCUT2D eigenvalue weighted by atomic mass is 10.0. The highest BCUT2D eigenvalue weighted by molar-refractivity contribution is 6.26. The molecule has 2 aromatic carbocycles. The molecule has 0 bridgehead atoms. The van der Waals surface area contributed by atoms with Gasteiger partial charge in [0.05, 0.1) is 22.5 Å². The molecule has 0 saturated heterocycles. The molecule has 0 amide bonds. The van der Waals surface area contributed by atoms with Gasteiger partial charge in [-0.1, -0.05) is 48.5 Å². The Labute approximate surface area is 140 Å². The van der Waals surface area contributed by atoms with Crippen molar-refractivity contribution in [2.24, 2.45) is 0 Å². The summed E-state index contributed by atoms with van der Waals surface area (Å²) in [6, 6.07) is 13.8. The summed E-state index contributed by atoms with van der Waals surface area (Å²) < 4.78 is 0. The smallest absolute Gasteiger partial charge is 0.200 e. The summed E-state index contributed by atoms with van der Waals surface area (Å²) in [5.41, 5.74) is 7.38. The van der Waals surface area contributed by atoms with Gasteiger partial charge in [0.25, 0.3) is 0 Å². The van der Waals surface area contributed by atoms with E-state index in [9.17, 15) is 4.79 Å². The first-order valence-corrected chi connectivity index (χ1v) is 7.82. The van der Waals surface area contributed by atoms with Crippen LogP contribution >= 0.6 is 0 Å². The van der Waals surface area contributed by atoms with Crippen LogP contribution in [0.5, 0.6) is 0 Å². The largest absolute Gasteiger partial charge is 0.359 e. The molecule has 1 aliphatic carbocycles. The Balaban J connectivity index is 1.88. The number of anilines is 1. The van der Waals surface area contributed by atoms with Crippen molar-refractivity contribution in [2.45, 2.75) is 13.8 Å². The summed E-state index contributed by atoms with van der Waals surface area (Å²) in [6.45, 7) is 7.78. The third-order valence-electron chi connectivity index (χ3n) is 4.23.